The predicted octanol–water partition coefficient (Wildman–Crippen LogP) is 6.52. The Morgan fingerprint density at radius 1 is 0.743 bits per heavy atom. The van der Waals surface area contributed by atoms with E-state index in [4.69, 9.17) is 4.98 Å². The molecular formula is C31H36NOPSi. The van der Waals surface area contributed by atoms with Crippen LogP contribution in [0, 0.1) is 5.41 Å². The van der Waals surface area contributed by atoms with E-state index in [-0.39, 0.29) is 5.41 Å². The zero-order valence-corrected chi connectivity index (χ0v) is 23.6. The minimum absolute atomic E-state index is 0.186. The number of nitrogens with zero attached hydrogens (tertiary/aromatic N) is 1. The summed E-state index contributed by atoms with van der Waals surface area (Å²) >= 11 is 0. The molecule has 0 amide bonds. The molecule has 0 saturated carbocycles. The van der Waals surface area contributed by atoms with Crippen LogP contribution in [-0.4, -0.2) is 13.1 Å². The van der Waals surface area contributed by atoms with Crippen molar-refractivity contribution >= 4 is 36.3 Å². The van der Waals surface area contributed by atoms with Crippen molar-refractivity contribution < 1.29 is 4.57 Å². The lowest BCUT2D eigenvalue weighted by Crippen LogP contribution is -2.41. The third-order valence-corrected chi connectivity index (χ3v) is 11.4. The molecule has 0 bridgehead atoms. The molecule has 1 heterocycles. The van der Waals surface area contributed by atoms with Crippen LogP contribution >= 0.6 is 7.14 Å². The van der Waals surface area contributed by atoms with Crippen molar-refractivity contribution in [2.24, 2.45) is 5.41 Å². The van der Waals surface area contributed by atoms with Crippen LogP contribution in [0.5, 0.6) is 0 Å². The smallest absolute Gasteiger partial charge is 0.171 e. The fraction of sp³-hybridized carbons (Fsp3) is 0.258. The van der Waals surface area contributed by atoms with Gasteiger partial charge in [0.25, 0.3) is 0 Å². The molecule has 35 heavy (non-hydrogen) atoms. The molecule has 0 aliphatic carbocycles. The lowest BCUT2D eigenvalue weighted by Gasteiger charge is -2.26. The Kier molecular flexibility index (Phi) is 7.04. The van der Waals surface area contributed by atoms with Crippen LogP contribution in [0.4, 0.5) is 0 Å². The van der Waals surface area contributed by atoms with E-state index in [0.717, 1.165) is 33.6 Å². The standard InChI is InChI=1S/C31H36NOPSi/c1-31(2,3)22-25-21-29(32-23-30(25)35(4,5)6)24-14-13-19-28(20-24)34(33,26-15-9-7-10-16-26)27-17-11-8-12-18-27/h7-21,23H,22H2,1-6H3. The minimum Gasteiger partial charge on any atom is -0.309 e. The lowest BCUT2D eigenvalue weighted by atomic mass is 9.88. The summed E-state index contributed by atoms with van der Waals surface area (Å²) < 4.78 is 14.8. The Balaban J connectivity index is 1.87. The van der Waals surface area contributed by atoms with E-state index in [1.54, 1.807) is 0 Å². The Labute approximate surface area is 211 Å². The molecule has 0 radical (unpaired) electrons. The highest BCUT2D eigenvalue weighted by Crippen LogP contribution is 2.42. The van der Waals surface area contributed by atoms with Crippen molar-refractivity contribution in [1.82, 2.24) is 4.98 Å². The molecule has 0 saturated heterocycles. The van der Waals surface area contributed by atoms with Crippen molar-refractivity contribution in [2.45, 2.75) is 46.8 Å². The number of hydrogen-bond donors (Lipinski definition) is 0. The van der Waals surface area contributed by atoms with Crippen LogP contribution in [0.3, 0.4) is 0 Å². The topological polar surface area (TPSA) is 30.0 Å². The van der Waals surface area contributed by atoms with Gasteiger partial charge in [0.2, 0.25) is 0 Å². The average Bonchev–Trinajstić information content (AvgIpc) is 2.83. The van der Waals surface area contributed by atoms with Crippen molar-refractivity contribution in [3.63, 3.8) is 0 Å². The molecule has 0 fully saturated rings. The van der Waals surface area contributed by atoms with E-state index in [9.17, 15) is 4.57 Å². The minimum atomic E-state index is -3.03. The Bertz CT molecular complexity index is 1310. The molecule has 2 nitrogen and oxygen atoms in total. The summed E-state index contributed by atoms with van der Waals surface area (Å²) in [7, 11) is -4.56. The SMILES string of the molecule is CC(C)(C)Cc1cc(-c2cccc(P(=O)(c3ccccc3)c3ccccc3)c2)ncc1[Si](C)(C)C. The average molecular weight is 498 g/mol. The van der Waals surface area contributed by atoms with Crippen LogP contribution < -0.4 is 21.1 Å². The first-order valence-electron chi connectivity index (χ1n) is 12.3. The number of pyridine rings is 1. The maximum atomic E-state index is 14.8. The van der Waals surface area contributed by atoms with Gasteiger partial charge in [0.15, 0.2) is 7.14 Å². The van der Waals surface area contributed by atoms with Gasteiger partial charge in [-0.2, -0.15) is 0 Å². The fourth-order valence-corrected chi connectivity index (χ4v) is 8.90. The van der Waals surface area contributed by atoms with Crippen LogP contribution in [0.25, 0.3) is 11.3 Å². The van der Waals surface area contributed by atoms with Crippen molar-refractivity contribution in [1.29, 1.82) is 0 Å². The molecule has 3 aromatic carbocycles. The van der Waals surface area contributed by atoms with E-state index in [0.29, 0.717) is 0 Å². The van der Waals surface area contributed by atoms with Crippen molar-refractivity contribution in [2.75, 3.05) is 0 Å². The summed E-state index contributed by atoms with van der Waals surface area (Å²) in [5, 5.41) is 3.95. The van der Waals surface area contributed by atoms with Crippen molar-refractivity contribution in [3.8, 4) is 11.3 Å². The first-order valence-corrected chi connectivity index (χ1v) is 17.5. The van der Waals surface area contributed by atoms with E-state index >= 15 is 0 Å². The third-order valence-electron chi connectivity index (χ3n) is 6.26. The molecule has 0 atom stereocenters. The van der Waals surface area contributed by atoms with Crippen LogP contribution in [0.2, 0.25) is 19.6 Å². The highest BCUT2D eigenvalue weighted by molar-refractivity contribution is 7.85. The first kappa shape index (κ1) is 25.4. The normalized spacial score (nSPS) is 12.5. The Hall–Kier alpha value is -2.74. The van der Waals surface area contributed by atoms with Gasteiger partial charge >= 0.3 is 0 Å². The number of aromatic nitrogens is 1. The largest absolute Gasteiger partial charge is 0.309 e. The number of rotatable bonds is 6. The molecule has 4 aromatic rings. The highest BCUT2D eigenvalue weighted by Gasteiger charge is 2.30. The fourth-order valence-electron chi connectivity index (χ4n) is 4.63. The summed E-state index contributed by atoms with van der Waals surface area (Å²) in [6.45, 7) is 14.0. The number of benzene rings is 3. The summed E-state index contributed by atoms with van der Waals surface area (Å²) in [6.07, 6.45) is 3.11. The summed E-state index contributed by atoms with van der Waals surface area (Å²) in [5.74, 6) is 0. The monoisotopic (exact) mass is 497 g/mol. The van der Waals surface area contributed by atoms with Crippen LogP contribution in [-0.2, 0) is 11.0 Å². The second-order valence-corrected chi connectivity index (χ2v) is 19.4. The second kappa shape index (κ2) is 9.72. The predicted molar refractivity (Wildman–Crippen MR) is 155 cm³/mol. The van der Waals surface area contributed by atoms with Gasteiger partial charge in [-0.1, -0.05) is 119 Å². The third kappa shape index (κ3) is 5.58. The second-order valence-electron chi connectivity index (χ2n) is 11.5. The van der Waals surface area contributed by atoms with Gasteiger partial charge in [-0.15, -0.1) is 0 Å². The van der Waals surface area contributed by atoms with Gasteiger partial charge < -0.3 is 4.57 Å². The van der Waals surface area contributed by atoms with Crippen LogP contribution in [0.1, 0.15) is 26.3 Å². The van der Waals surface area contributed by atoms with Gasteiger partial charge in [-0.25, -0.2) is 0 Å². The van der Waals surface area contributed by atoms with Gasteiger partial charge in [0.05, 0.1) is 13.8 Å². The molecule has 0 aliphatic rings. The summed E-state index contributed by atoms with van der Waals surface area (Å²) in [6, 6.07) is 30.1. The van der Waals surface area contributed by atoms with E-state index < -0.39 is 15.2 Å². The molecule has 4 rings (SSSR count). The molecule has 4 heteroatoms. The quantitative estimate of drug-likeness (QED) is 0.224. The zero-order valence-electron chi connectivity index (χ0n) is 21.7. The van der Waals surface area contributed by atoms with Gasteiger partial charge in [0.1, 0.15) is 0 Å². The number of hydrogen-bond acceptors (Lipinski definition) is 2. The van der Waals surface area contributed by atoms with E-state index in [2.05, 4.69) is 64.8 Å². The summed E-state index contributed by atoms with van der Waals surface area (Å²) in [5.41, 5.74) is 3.53. The Morgan fingerprint density at radius 2 is 1.29 bits per heavy atom. The van der Waals surface area contributed by atoms with E-state index in [1.807, 2.05) is 72.8 Å². The molecule has 180 valence electrons. The zero-order chi connectivity index (χ0) is 25.3. The van der Waals surface area contributed by atoms with Crippen LogP contribution in [0.15, 0.2) is 97.2 Å². The molecular weight excluding hydrogens is 461 g/mol. The van der Waals surface area contributed by atoms with Gasteiger partial charge in [0, 0.05) is 27.7 Å². The molecule has 0 unspecified atom stereocenters. The Morgan fingerprint density at radius 3 is 1.80 bits per heavy atom. The molecule has 0 N–H and O–H groups in total. The molecule has 1 aromatic heterocycles. The molecule has 0 aliphatic heterocycles. The van der Waals surface area contributed by atoms with E-state index in [1.165, 1.54) is 10.8 Å². The maximum Gasteiger partial charge on any atom is 0.171 e. The molecule has 0 spiro atoms. The van der Waals surface area contributed by atoms with Crippen molar-refractivity contribution in [3.05, 3.63) is 103 Å². The highest BCUT2D eigenvalue weighted by atomic mass is 31.2. The first-order chi connectivity index (χ1) is 16.5. The van der Waals surface area contributed by atoms with Gasteiger partial charge in [-0.05, 0) is 34.7 Å². The maximum absolute atomic E-state index is 14.8. The summed E-state index contributed by atoms with van der Waals surface area (Å²) in [4.78, 5) is 4.92. The van der Waals surface area contributed by atoms with Gasteiger partial charge in [-0.3, -0.25) is 4.98 Å². The lowest BCUT2D eigenvalue weighted by molar-refractivity contribution is 0.412.